The number of carbonyl (C=O) groups excluding carboxylic acids is 2. The second-order valence-electron chi connectivity index (χ2n) is 4.34. The molecular formula is C13H19ClN2O4S. The molecule has 0 aromatic carbocycles. The molecule has 0 aliphatic heterocycles. The quantitative estimate of drug-likeness (QED) is 0.413. The van der Waals surface area contributed by atoms with E-state index >= 15 is 0 Å². The summed E-state index contributed by atoms with van der Waals surface area (Å²) in [5, 5.41) is 1.68. The van der Waals surface area contributed by atoms with Gasteiger partial charge >= 0.3 is 5.97 Å². The average molecular weight is 335 g/mol. The Morgan fingerprint density at radius 2 is 2.19 bits per heavy atom. The van der Waals surface area contributed by atoms with Crippen LogP contribution in [-0.4, -0.2) is 54.5 Å². The molecule has 0 fully saturated rings. The summed E-state index contributed by atoms with van der Waals surface area (Å²) < 4.78 is 9.59. The van der Waals surface area contributed by atoms with Crippen molar-refractivity contribution in [2.24, 2.45) is 0 Å². The third kappa shape index (κ3) is 5.61. The number of aromatic nitrogens is 1. The average Bonchev–Trinajstić information content (AvgIpc) is 2.93. The van der Waals surface area contributed by atoms with Gasteiger partial charge in [0.15, 0.2) is 5.69 Å². The molecular weight excluding hydrogens is 316 g/mol. The van der Waals surface area contributed by atoms with Gasteiger partial charge in [0.25, 0.3) is 0 Å². The number of carbonyl (C=O) groups is 2. The number of ether oxygens (including phenoxy) is 2. The van der Waals surface area contributed by atoms with Crippen molar-refractivity contribution in [2.45, 2.75) is 25.3 Å². The second kappa shape index (κ2) is 8.96. The molecule has 0 saturated carbocycles. The van der Waals surface area contributed by atoms with Crippen molar-refractivity contribution >= 4 is 34.8 Å². The maximum absolute atomic E-state index is 12.1. The summed E-state index contributed by atoms with van der Waals surface area (Å²) in [6, 6.07) is 0. The summed E-state index contributed by atoms with van der Waals surface area (Å²) >= 11 is 7.18. The van der Waals surface area contributed by atoms with Crippen LogP contribution in [-0.2, 0) is 20.8 Å². The first kappa shape index (κ1) is 17.9. The highest BCUT2D eigenvalue weighted by Gasteiger charge is 2.20. The van der Waals surface area contributed by atoms with E-state index < -0.39 is 11.3 Å². The highest BCUT2D eigenvalue weighted by Crippen LogP contribution is 2.15. The van der Waals surface area contributed by atoms with Crippen LogP contribution in [0, 0.1) is 0 Å². The molecule has 1 aromatic rings. The Morgan fingerprint density at radius 3 is 2.76 bits per heavy atom. The SMILES string of the molecule is COCCCN(Cc1nc(C(=O)OC)cs1)C(=O)C(C)Cl. The zero-order chi connectivity index (χ0) is 15.8. The zero-order valence-corrected chi connectivity index (χ0v) is 13.9. The van der Waals surface area contributed by atoms with E-state index in [1.165, 1.54) is 18.4 Å². The van der Waals surface area contributed by atoms with Crippen molar-refractivity contribution in [3.63, 3.8) is 0 Å². The van der Waals surface area contributed by atoms with Crippen molar-refractivity contribution in [1.82, 2.24) is 9.88 Å². The predicted molar refractivity (Wildman–Crippen MR) is 80.7 cm³/mol. The summed E-state index contributed by atoms with van der Waals surface area (Å²) in [4.78, 5) is 29.2. The molecule has 0 N–H and O–H groups in total. The van der Waals surface area contributed by atoms with E-state index in [1.54, 1.807) is 24.3 Å². The van der Waals surface area contributed by atoms with Gasteiger partial charge in [-0.1, -0.05) is 0 Å². The van der Waals surface area contributed by atoms with E-state index in [0.717, 1.165) is 0 Å². The Hall–Kier alpha value is -1.18. The summed E-state index contributed by atoms with van der Waals surface area (Å²) in [5.41, 5.74) is 0.251. The van der Waals surface area contributed by atoms with E-state index in [-0.39, 0.29) is 11.6 Å². The van der Waals surface area contributed by atoms with Crippen LogP contribution in [0.25, 0.3) is 0 Å². The van der Waals surface area contributed by atoms with Crippen LogP contribution in [0.3, 0.4) is 0 Å². The molecule has 1 atom stereocenters. The molecule has 0 bridgehead atoms. The first-order valence-corrected chi connectivity index (χ1v) is 7.75. The van der Waals surface area contributed by atoms with Crippen molar-refractivity contribution in [3.05, 3.63) is 16.1 Å². The van der Waals surface area contributed by atoms with Crippen molar-refractivity contribution in [1.29, 1.82) is 0 Å². The lowest BCUT2D eigenvalue weighted by atomic mass is 10.3. The Morgan fingerprint density at radius 1 is 1.48 bits per heavy atom. The molecule has 1 rings (SSSR count). The van der Waals surface area contributed by atoms with Crippen molar-refractivity contribution in [3.8, 4) is 0 Å². The second-order valence-corrected chi connectivity index (χ2v) is 5.94. The van der Waals surface area contributed by atoms with Gasteiger partial charge in [-0.3, -0.25) is 4.79 Å². The number of nitrogens with zero attached hydrogens (tertiary/aromatic N) is 2. The molecule has 0 spiro atoms. The Balaban J connectivity index is 2.73. The molecule has 1 amide bonds. The number of methoxy groups -OCH3 is 2. The number of hydrogen-bond donors (Lipinski definition) is 0. The molecule has 8 heteroatoms. The number of rotatable bonds is 8. The Kier molecular flexibility index (Phi) is 7.63. The number of hydrogen-bond acceptors (Lipinski definition) is 6. The van der Waals surface area contributed by atoms with Crippen LogP contribution in [0.15, 0.2) is 5.38 Å². The maximum Gasteiger partial charge on any atom is 0.357 e. The minimum atomic E-state index is -0.604. The largest absolute Gasteiger partial charge is 0.464 e. The minimum Gasteiger partial charge on any atom is -0.464 e. The van der Waals surface area contributed by atoms with Gasteiger partial charge in [-0.05, 0) is 13.3 Å². The summed E-state index contributed by atoms with van der Waals surface area (Å²) in [6.45, 7) is 3.04. The number of halogens is 1. The highest BCUT2D eigenvalue weighted by molar-refractivity contribution is 7.09. The van der Waals surface area contributed by atoms with E-state index in [4.69, 9.17) is 16.3 Å². The molecule has 0 saturated heterocycles. The lowest BCUT2D eigenvalue weighted by Crippen LogP contribution is -2.36. The van der Waals surface area contributed by atoms with E-state index in [2.05, 4.69) is 9.72 Å². The van der Waals surface area contributed by atoms with E-state index in [0.29, 0.717) is 31.1 Å². The number of thiazole rings is 1. The topological polar surface area (TPSA) is 68.7 Å². The van der Waals surface area contributed by atoms with Gasteiger partial charge in [0.2, 0.25) is 5.91 Å². The van der Waals surface area contributed by atoms with Crippen LogP contribution in [0.2, 0.25) is 0 Å². The van der Waals surface area contributed by atoms with Crippen molar-refractivity contribution < 1.29 is 19.1 Å². The lowest BCUT2D eigenvalue weighted by molar-refractivity contribution is -0.131. The number of alkyl halides is 1. The fraction of sp³-hybridized carbons (Fsp3) is 0.615. The molecule has 1 aromatic heterocycles. The molecule has 21 heavy (non-hydrogen) atoms. The molecule has 1 unspecified atom stereocenters. The molecule has 0 aliphatic carbocycles. The van der Waals surface area contributed by atoms with Crippen LogP contribution in [0.4, 0.5) is 0 Å². The highest BCUT2D eigenvalue weighted by atomic mass is 35.5. The maximum atomic E-state index is 12.1. The van der Waals surface area contributed by atoms with Gasteiger partial charge in [-0.25, -0.2) is 9.78 Å². The van der Waals surface area contributed by atoms with Crippen LogP contribution < -0.4 is 0 Å². The summed E-state index contributed by atoms with van der Waals surface area (Å²) in [6.07, 6.45) is 0.709. The summed E-state index contributed by atoms with van der Waals surface area (Å²) in [7, 11) is 2.91. The number of amides is 1. The van der Waals surface area contributed by atoms with Gasteiger partial charge in [0.1, 0.15) is 10.4 Å². The first-order chi connectivity index (χ1) is 9.99. The third-order valence-corrected chi connectivity index (χ3v) is 3.72. The van der Waals surface area contributed by atoms with Crippen LogP contribution >= 0.6 is 22.9 Å². The molecule has 1 heterocycles. The molecule has 118 valence electrons. The lowest BCUT2D eigenvalue weighted by Gasteiger charge is -2.22. The fourth-order valence-electron chi connectivity index (χ4n) is 1.66. The van der Waals surface area contributed by atoms with Crippen molar-refractivity contribution in [2.75, 3.05) is 27.4 Å². The van der Waals surface area contributed by atoms with Crippen LogP contribution in [0.1, 0.15) is 28.8 Å². The number of esters is 1. The van der Waals surface area contributed by atoms with Gasteiger partial charge in [-0.15, -0.1) is 22.9 Å². The van der Waals surface area contributed by atoms with Gasteiger partial charge in [0.05, 0.1) is 13.7 Å². The normalized spacial score (nSPS) is 12.0. The smallest absolute Gasteiger partial charge is 0.357 e. The van der Waals surface area contributed by atoms with E-state index in [9.17, 15) is 9.59 Å². The minimum absolute atomic E-state index is 0.164. The summed E-state index contributed by atoms with van der Waals surface area (Å²) in [5.74, 6) is -0.650. The fourth-order valence-corrected chi connectivity index (χ4v) is 2.58. The van der Waals surface area contributed by atoms with Crippen LogP contribution in [0.5, 0.6) is 0 Å². The Labute approximate surface area is 133 Å². The standard InChI is InChI=1S/C13H19ClN2O4S/c1-9(14)12(17)16(5-4-6-19-2)7-11-15-10(8-21-11)13(18)20-3/h8-9H,4-7H2,1-3H3. The van der Waals surface area contributed by atoms with Gasteiger partial charge in [0, 0.05) is 25.6 Å². The predicted octanol–water partition coefficient (Wildman–Crippen LogP) is 1.92. The van der Waals surface area contributed by atoms with E-state index in [1.807, 2.05) is 0 Å². The monoisotopic (exact) mass is 334 g/mol. The van der Waals surface area contributed by atoms with Gasteiger partial charge in [-0.2, -0.15) is 0 Å². The van der Waals surface area contributed by atoms with Gasteiger partial charge < -0.3 is 14.4 Å². The Bertz CT molecular complexity index is 478. The molecule has 6 nitrogen and oxygen atoms in total. The first-order valence-electron chi connectivity index (χ1n) is 6.44. The molecule has 0 aliphatic rings. The third-order valence-electron chi connectivity index (χ3n) is 2.70. The molecule has 0 radical (unpaired) electrons. The zero-order valence-electron chi connectivity index (χ0n) is 12.3.